The molecule has 2 aromatic rings. The van der Waals surface area contributed by atoms with E-state index in [-0.39, 0.29) is 24.5 Å². The molecule has 0 spiro atoms. The summed E-state index contributed by atoms with van der Waals surface area (Å²) in [6, 6.07) is 7.11. The molecule has 0 saturated carbocycles. The lowest BCUT2D eigenvalue weighted by molar-refractivity contribution is -0.0440. The molecule has 3 rings (SSSR count). The molecule has 1 aliphatic heterocycles. The predicted molar refractivity (Wildman–Crippen MR) is 102 cm³/mol. The number of nitrogens with one attached hydrogen (secondary N) is 2. The summed E-state index contributed by atoms with van der Waals surface area (Å²) in [5, 5.41) is 5.69. The number of nitrogens with zero attached hydrogens (tertiary/aromatic N) is 2. The van der Waals surface area contributed by atoms with Crippen molar-refractivity contribution in [2.24, 2.45) is 0 Å². The molecule has 2 heterocycles. The average Bonchev–Trinajstić information content (AvgIpc) is 2.95. The Morgan fingerprint density at radius 1 is 1.31 bits per heavy atom. The quantitative estimate of drug-likeness (QED) is 0.801. The minimum absolute atomic E-state index is 0.0270. The van der Waals surface area contributed by atoms with E-state index < -0.39 is 16.1 Å². The Hall–Kier alpha value is -1.75. The van der Waals surface area contributed by atoms with E-state index in [0.717, 1.165) is 10.2 Å². The number of urea groups is 1. The highest BCUT2D eigenvalue weighted by Gasteiger charge is 2.30. The maximum Gasteiger partial charge on any atom is 0.321 e. The van der Waals surface area contributed by atoms with Crippen LogP contribution in [0.4, 0.5) is 9.93 Å². The van der Waals surface area contributed by atoms with Crippen LogP contribution < -0.4 is 10.6 Å². The number of hydrogen-bond acceptors (Lipinski definition) is 6. The number of hydrogen-bond donors (Lipinski definition) is 2. The van der Waals surface area contributed by atoms with Crippen LogP contribution in [0.25, 0.3) is 10.2 Å². The Morgan fingerprint density at radius 3 is 2.69 bits per heavy atom. The Kier molecular flexibility index (Phi) is 5.76. The van der Waals surface area contributed by atoms with Gasteiger partial charge in [0.05, 0.1) is 28.2 Å². The number of sulfonamides is 1. The fourth-order valence-electron chi connectivity index (χ4n) is 2.85. The Bertz CT molecular complexity index is 840. The highest BCUT2D eigenvalue weighted by atomic mass is 32.2. The number of carbonyl (C=O) groups is 1. The van der Waals surface area contributed by atoms with Crippen molar-refractivity contribution in [3.8, 4) is 0 Å². The number of fused-ring (bicyclic) bond motifs is 1. The summed E-state index contributed by atoms with van der Waals surface area (Å²) < 4.78 is 32.8. The standard InChI is InChI=1S/C16H22N4O4S2/c1-11-9-20(10-12(2)24-11)26(22,23)8-7-17-15(21)19-16-18-13-5-3-4-6-14(13)25-16/h3-6,11-12H,7-10H2,1-2H3,(H2,17,18,19,21)/t11-,12+. The SMILES string of the molecule is C[C@@H]1CN(S(=O)(=O)CCNC(=O)Nc2nc3ccccc3s2)C[C@H](C)O1. The third kappa shape index (κ3) is 4.70. The lowest BCUT2D eigenvalue weighted by atomic mass is 10.3. The fraction of sp³-hybridized carbons (Fsp3) is 0.500. The molecule has 142 valence electrons. The van der Waals surface area contributed by atoms with Crippen LogP contribution in [0.3, 0.4) is 0 Å². The van der Waals surface area contributed by atoms with Crippen LogP contribution in [-0.4, -0.2) is 61.3 Å². The maximum absolute atomic E-state index is 12.4. The highest BCUT2D eigenvalue weighted by Crippen LogP contribution is 2.25. The van der Waals surface area contributed by atoms with Gasteiger partial charge in [-0.15, -0.1) is 0 Å². The lowest BCUT2D eigenvalue weighted by Gasteiger charge is -2.34. The molecule has 10 heteroatoms. The van der Waals surface area contributed by atoms with Crippen molar-refractivity contribution >= 4 is 42.7 Å². The van der Waals surface area contributed by atoms with E-state index in [1.165, 1.54) is 15.6 Å². The van der Waals surface area contributed by atoms with Gasteiger partial charge in [-0.2, -0.15) is 4.31 Å². The molecule has 1 aromatic heterocycles. The number of thiazole rings is 1. The van der Waals surface area contributed by atoms with E-state index >= 15 is 0 Å². The largest absolute Gasteiger partial charge is 0.373 e. The molecule has 26 heavy (non-hydrogen) atoms. The summed E-state index contributed by atoms with van der Waals surface area (Å²) in [6.45, 7) is 4.40. The number of aromatic nitrogens is 1. The zero-order chi connectivity index (χ0) is 18.7. The molecule has 2 N–H and O–H groups in total. The summed E-state index contributed by atoms with van der Waals surface area (Å²) >= 11 is 1.36. The zero-order valence-corrected chi connectivity index (χ0v) is 16.3. The van der Waals surface area contributed by atoms with Gasteiger partial charge in [-0.3, -0.25) is 5.32 Å². The molecule has 8 nitrogen and oxygen atoms in total. The highest BCUT2D eigenvalue weighted by molar-refractivity contribution is 7.89. The number of anilines is 1. The first-order chi connectivity index (χ1) is 12.3. The number of carbonyl (C=O) groups excluding carboxylic acids is 1. The second-order valence-electron chi connectivity index (χ2n) is 6.26. The fourth-order valence-corrected chi connectivity index (χ4v) is 5.20. The van der Waals surface area contributed by atoms with Gasteiger partial charge < -0.3 is 10.1 Å². The Labute approximate surface area is 156 Å². The second-order valence-corrected chi connectivity index (χ2v) is 9.38. The number of para-hydroxylation sites is 1. The maximum atomic E-state index is 12.4. The molecular weight excluding hydrogens is 376 g/mol. The minimum atomic E-state index is -3.44. The van der Waals surface area contributed by atoms with Crippen LogP contribution in [-0.2, 0) is 14.8 Å². The smallest absolute Gasteiger partial charge is 0.321 e. The van der Waals surface area contributed by atoms with Gasteiger partial charge in [0.1, 0.15) is 0 Å². The van der Waals surface area contributed by atoms with Crippen molar-refractivity contribution in [3.63, 3.8) is 0 Å². The number of morpholine rings is 1. The summed E-state index contributed by atoms with van der Waals surface area (Å²) in [5.74, 6) is -0.153. The van der Waals surface area contributed by atoms with Crippen LogP contribution in [0.5, 0.6) is 0 Å². The van der Waals surface area contributed by atoms with Crippen LogP contribution >= 0.6 is 11.3 Å². The average molecular weight is 399 g/mol. The van der Waals surface area contributed by atoms with E-state index in [0.29, 0.717) is 18.2 Å². The van der Waals surface area contributed by atoms with Crippen molar-refractivity contribution in [2.45, 2.75) is 26.1 Å². The number of rotatable bonds is 5. The van der Waals surface area contributed by atoms with Crippen molar-refractivity contribution in [3.05, 3.63) is 24.3 Å². The van der Waals surface area contributed by atoms with Gasteiger partial charge in [0.25, 0.3) is 0 Å². The van der Waals surface area contributed by atoms with E-state index in [1.54, 1.807) is 0 Å². The third-order valence-electron chi connectivity index (χ3n) is 3.94. The minimum Gasteiger partial charge on any atom is -0.373 e. The molecule has 0 unspecified atom stereocenters. The van der Waals surface area contributed by atoms with Crippen molar-refractivity contribution in [1.82, 2.24) is 14.6 Å². The number of ether oxygens (including phenoxy) is 1. The third-order valence-corrected chi connectivity index (χ3v) is 6.70. The van der Waals surface area contributed by atoms with Crippen LogP contribution in [0.1, 0.15) is 13.8 Å². The Morgan fingerprint density at radius 2 is 2.00 bits per heavy atom. The summed E-state index contributed by atoms with van der Waals surface area (Å²) in [7, 11) is -3.44. The molecule has 2 amide bonds. The zero-order valence-electron chi connectivity index (χ0n) is 14.6. The predicted octanol–water partition coefficient (Wildman–Crippen LogP) is 1.86. The summed E-state index contributed by atoms with van der Waals surface area (Å²) in [5.41, 5.74) is 0.811. The first kappa shape index (κ1) is 19.0. The molecule has 0 radical (unpaired) electrons. The number of amides is 2. The monoisotopic (exact) mass is 398 g/mol. The van der Waals surface area contributed by atoms with Gasteiger partial charge in [-0.1, -0.05) is 23.5 Å². The van der Waals surface area contributed by atoms with E-state index in [2.05, 4.69) is 15.6 Å². The van der Waals surface area contributed by atoms with Crippen LogP contribution in [0.15, 0.2) is 24.3 Å². The molecule has 2 atom stereocenters. The molecule has 1 aromatic carbocycles. The summed E-state index contributed by atoms with van der Waals surface area (Å²) in [4.78, 5) is 16.3. The molecule has 0 aliphatic carbocycles. The van der Waals surface area contributed by atoms with E-state index in [1.807, 2.05) is 38.1 Å². The van der Waals surface area contributed by atoms with Gasteiger partial charge in [0.2, 0.25) is 10.0 Å². The van der Waals surface area contributed by atoms with Crippen LogP contribution in [0.2, 0.25) is 0 Å². The van der Waals surface area contributed by atoms with Gasteiger partial charge in [0, 0.05) is 19.6 Å². The normalized spacial score (nSPS) is 21.6. The lowest BCUT2D eigenvalue weighted by Crippen LogP contribution is -2.49. The van der Waals surface area contributed by atoms with Gasteiger partial charge in [-0.05, 0) is 26.0 Å². The van der Waals surface area contributed by atoms with E-state index in [9.17, 15) is 13.2 Å². The van der Waals surface area contributed by atoms with Crippen molar-refractivity contribution in [2.75, 3.05) is 30.7 Å². The molecule has 0 bridgehead atoms. The topological polar surface area (TPSA) is 101 Å². The molecule has 1 saturated heterocycles. The van der Waals surface area contributed by atoms with Crippen molar-refractivity contribution < 1.29 is 17.9 Å². The van der Waals surface area contributed by atoms with Crippen molar-refractivity contribution in [1.29, 1.82) is 0 Å². The first-order valence-corrected chi connectivity index (χ1v) is 10.8. The molecule has 1 fully saturated rings. The Balaban J connectivity index is 1.49. The van der Waals surface area contributed by atoms with E-state index in [4.69, 9.17) is 4.74 Å². The number of benzene rings is 1. The van der Waals surface area contributed by atoms with Gasteiger partial charge in [0.15, 0.2) is 5.13 Å². The molecular formula is C16H22N4O4S2. The van der Waals surface area contributed by atoms with Crippen LogP contribution in [0, 0.1) is 0 Å². The van der Waals surface area contributed by atoms with Gasteiger partial charge >= 0.3 is 6.03 Å². The molecule has 1 aliphatic rings. The summed E-state index contributed by atoms with van der Waals surface area (Å²) in [6.07, 6.45) is -0.271. The second kappa shape index (κ2) is 7.87. The first-order valence-electron chi connectivity index (χ1n) is 8.37. The van der Waals surface area contributed by atoms with Gasteiger partial charge in [-0.25, -0.2) is 18.2 Å².